The van der Waals surface area contributed by atoms with E-state index >= 15 is 0 Å². The molecule has 0 radical (unpaired) electrons. The number of esters is 1. The van der Waals surface area contributed by atoms with Crippen LogP contribution in [0.4, 0.5) is 0 Å². The van der Waals surface area contributed by atoms with Crippen molar-refractivity contribution < 1.29 is 9.53 Å². The zero-order valence-corrected chi connectivity index (χ0v) is 7.80. The van der Waals surface area contributed by atoms with Crippen molar-refractivity contribution in [2.24, 2.45) is 11.3 Å². The average molecular weight is 168 g/mol. The number of ether oxygens (including phenoxy) is 1. The van der Waals surface area contributed by atoms with E-state index in [2.05, 4.69) is 0 Å². The van der Waals surface area contributed by atoms with Gasteiger partial charge in [0.2, 0.25) is 0 Å². The Balaban J connectivity index is 2.22. The molecule has 0 unspecified atom stereocenters. The fourth-order valence-electron chi connectivity index (χ4n) is 2.50. The molecule has 2 atom stereocenters. The van der Waals surface area contributed by atoms with Gasteiger partial charge in [-0.1, -0.05) is 6.42 Å². The monoisotopic (exact) mass is 168 g/mol. The molecule has 0 aromatic heterocycles. The van der Waals surface area contributed by atoms with Crippen LogP contribution in [0.1, 0.15) is 39.5 Å². The van der Waals surface area contributed by atoms with E-state index in [4.69, 9.17) is 4.74 Å². The first-order valence-electron chi connectivity index (χ1n) is 4.83. The van der Waals surface area contributed by atoms with Gasteiger partial charge in [0.15, 0.2) is 0 Å². The van der Waals surface area contributed by atoms with E-state index in [0.29, 0.717) is 5.92 Å². The van der Waals surface area contributed by atoms with Crippen molar-refractivity contribution in [3.63, 3.8) is 0 Å². The van der Waals surface area contributed by atoms with E-state index < -0.39 is 0 Å². The number of hydrogen-bond acceptors (Lipinski definition) is 2. The van der Waals surface area contributed by atoms with E-state index in [9.17, 15) is 4.79 Å². The van der Waals surface area contributed by atoms with E-state index in [1.165, 1.54) is 19.3 Å². The van der Waals surface area contributed by atoms with Gasteiger partial charge in [-0.05, 0) is 33.1 Å². The highest BCUT2D eigenvalue weighted by Crippen LogP contribution is 2.46. The third-order valence-corrected chi connectivity index (χ3v) is 3.41. The number of fused-ring (bicyclic) bond motifs is 1. The summed E-state index contributed by atoms with van der Waals surface area (Å²) >= 11 is 0. The molecule has 0 bridgehead atoms. The Kier molecular flexibility index (Phi) is 1.67. The molecule has 2 heteroatoms. The van der Waals surface area contributed by atoms with Crippen molar-refractivity contribution in [3.05, 3.63) is 0 Å². The molecule has 1 aliphatic carbocycles. The van der Waals surface area contributed by atoms with E-state index in [1.54, 1.807) is 0 Å². The molecule has 0 amide bonds. The molecule has 2 fully saturated rings. The molecular formula is C10H16O2. The van der Waals surface area contributed by atoms with Crippen LogP contribution in [0.15, 0.2) is 0 Å². The Morgan fingerprint density at radius 2 is 2.00 bits per heavy atom. The standard InChI is InChI=1S/C10H16O2/c1-10(2)7-5-3-4-6-8(7)12-9(10)11/h7-8H,3-6H2,1-2H3/t7-,8+/m1/s1. The largest absolute Gasteiger partial charge is 0.462 e. The summed E-state index contributed by atoms with van der Waals surface area (Å²) in [7, 11) is 0. The van der Waals surface area contributed by atoms with Crippen LogP contribution in [0.25, 0.3) is 0 Å². The zero-order valence-electron chi connectivity index (χ0n) is 7.80. The van der Waals surface area contributed by atoms with Gasteiger partial charge in [0.1, 0.15) is 6.10 Å². The van der Waals surface area contributed by atoms with Gasteiger partial charge < -0.3 is 4.74 Å². The molecule has 1 aliphatic heterocycles. The molecule has 2 rings (SSSR count). The minimum absolute atomic E-state index is 0.0133. The molecule has 1 saturated heterocycles. The maximum absolute atomic E-state index is 11.4. The molecule has 0 spiro atoms. The SMILES string of the molecule is CC1(C)C(=O)O[C@H]2CCCC[C@H]21. The lowest BCUT2D eigenvalue weighted by Crippen LogP contribution is -2.30. The van der Waals surface area contributed by atoms with Crippen LogP contribution in [0.5, 0.6) is 0 Å². The summed E-state index contributed by atoms with van der Waals surface area (Å²) < 4.78 is 5.34. The lowest BCUT2D eigenvalue weighted by molar-refractivity contribution is -0.147. The molecular weight excluding hydrogens is 152 g/mol. The van der Waals surface area contributed by atoms with Crippen molar-refractivity contribution in [2.45, 2.75) is 45.6 Å². The summed E-state index contributed by atoms with van der Waals surface area (Å²) in [6.07, 6.45) is 4.98. The summed E-state index contributed by atoms with van der Waals surface area (Å²) in [4.78, 5) is 11.4. The van der Waals surface area contributed by atoms with Gasteiger partial charge in [-0.2, -0.15) is 0 Å². The van der Waals surface area contributed by atoms with Gasteiger partial charge in [0.25, 0.3) is 0 Å². The number of carbonyl (C=O) groups excluding carboxylic acids is 1. The highest BCUT2D eigenvalue weighted by atomic mass is 16.6. The second-order valence-electron chi connectivity index (χ2n) is 4.56. The van der Waals surface area contributed by atoms with Gasteiger partial charge in [0.05, 0.1) is 5.41 Å². The van der Waals surface area contributed by atoms with Crippen LogP contribution in [0, 0.1) is 11.3 Å². The fraction of sp³-hybridized carbons (Fsp3) is 0.900. The molecule has 0 aromatic carbocycles. The molecule has 12 heavy (non-hydrogen) atoms. The minimum atomic E-state index is -0.217. The zero-order chi connectivity index (χ0) is 8.77. The van der Waals surface area contributed by atoms with Crippen molar-refractivity contribution in [1.29, 1.82) is 0 Å². The lowest BCUT2D eigenvalue weighted by atomic mass is 9.72. The molecule has 1 saturated carbocycles. The van der Waals surface area contributed by atoms with Crippen LogP contribution in [0.3, 0.4) is 0 Å². The lowest BCUT2D eigenvalue weighted by Gasteiger charge is -2.28. The average Bonchev–Trinajstić information content (AvgIpc) is 2.25. The van der Waals surface area contributed by atoms with Gasteiger partial charge in [-0.3, -0.25) is 4.79 Å². The number of carbonyl (C=O) groups is 1. The number of hydrogen-bond donors (Lipinski definition) is 0. The summed E-state index contributed by atoms with van der Waals surface area (Å²) in [6, 6.07) is 0. The Morgan fingerprint density at radius 1 is 1.33 bits per heavy atom. The van der Waals surface area contributed by atoms with Gasteiger partial charge in [-0.15, -0.1) is 0 Å². The summed E-state index contributed by atoms with van der Waals surface area (Å²) in [5, 5.41) is 0. The third kappa shape index (κ3) is 0.970. The van der Waals surface area contributed by atoms with Crippen LogP contribution < -0.4 is 0 Å². The predicted molar refractivity (Wildman–Crippen MR) is 45.6 cm³/mol. The van der Waals surface area contributed by atoms with Crippen molar-refractivity contribution in [2.75, 3.05) is 0 Å². The summed E-state index contributed by atoms with van der Waals surface area (Å²) in [6.45, 7) is 4.04. The van der Waals surface area contributed by atoms with Crippen LogP contribution in [-0.4, -0.2) is 12.1 Å². The smallest absolute Gasteiger partial charge is 0.312 e. The van der Waals surface area contributed by atoms with Crippen LogP contribution >= 0.6 is 0 Å². The Bertz CT molecular complexity index is 208. The fourth-order valence-corrected chi connectivity index (χ4v) is 2.50. The van der Waals surface area contributed by atoms with Crippen LogP contribution in [-0.2, 0) is 9.53 Å². The maximum Gasteiger partial charge on any atom is 0.312 e. The van der Waals surface area contributed by atoms with Crippen LogP contribution in [0.2, 0.25) is 0 Å². The van der Waals surface area contributed by atoms with Crippen molar-refractivity contribution >= 4 is 5.97 Å². The first kappa shape index (κ1) is 8.09. The molecule has 2 aliphatic rings. The topological polar surface area (TPSA) is 26.3 Å². The highest BCUT2D eigenvalue weighted by Gasteiger charge is 2.51. The molecule has 0 N–H and O–H groups in total. The van der Waals surface area contributed by atoms with Gasteiger partial charge >= 0.3 is 5.97 Å². The first-order valence-corrected chi connectivity index (χ1v) is 4.83. The quantitative estimate of drug-likeness (QED) is 0.518. The molecule has 2 nitrogen and oxygen atoms in total. The maximum atomic E-state index is 11.4. The molecule has 0 aromatic rings. The first-order chi connectivity index (χ1) is 5.62. The van der Waals surface area contributed by atoms with Crippen molar-refractivity contribution in [1.82, 2.24) is 0 Å². The van der Waals surface area contributed by atoms with E-state index in [-0.39, 0.29) is 17.5 Å². The molecule has 1 heterocycles. The minimum Gasteiger partial charge on any atom is -0.462 e. The summed E-state index contributed by atoms with van der Waals surface area (Å²) in [5.41, 5.74) is -0.217. The second-order valence-corrected chi connectivity index (χ2v) is 4.56. The predicted octanol–water partition coefficient (Wildman–Crippen LogP) is 2.13. The van der Waals surface area contributed by atoms with E-state index in [0.717, 1.165) is 6.42 Å². The summed E-state index contributed by atoms with van der Waals surface area (Å²) in [5.74, 6) is 0.498. The number of rotatable bonds is 0. The third-order valence-electron chi connectivity index (χ3n) is 3.41. The van der Waals surface area contributed by atoms with Gasteiger partial charge in [0, 0.05) is 5.92 Å². The normalized spacial score (nSPS) is 39.0. The Hall–Kier alpha value is -0.530. The molecule has 68 valence electrons. The Morgan fingerprint density at radius 3 is 2.67 bits per heavy atom. The van der Waals surface area contributed by atoms with Crippen molar-refractivity contribution in [3.8, 4) is 0 Å². The Labute approximate surface area is 73.3 Å². The van der Waals surface area contributed by atoms with E-state index in [1.807, 2.05) is 13.8 Å². The second kappa shape index (κ2) is 2.48. The van der Waals surface area contributed by atoms with Gasteiger partial charge in [-0.25, -0.2) is 0 Å². The highest BCUT2D eigenvalue weighted by molar-refractivity contribution is 5.78.